The Hall–Kier alpha value is -2.79. The Morgan fingerprint density at radius 2 is 1.74 bits per heavy atom. The van der Waals surface area contributed by atoms with Crippen LogP contribution in [0.3, 0.4) is 0 Å². The van der Waals surface area contributed by atoms with E-state index in [9.17, 15) is 9.59 Å². The summed E-state index contributed by atoms with van der Waals surface area (Å²) in [6, 6.07) is 14.1. The highest BCUT2D eigenvalue weighted by molar-refractivity contribution is 6.30. The van der Waals surface area contributed by atoms with Gasteiger partial charge in [0.15, 0.2) is 0 Å². The molecule has 0 radical (unpaired) electrons. The van der Waals surface area contributed by atoms with E-state index in [4.69, 9.17) is 11.6 Å². The molecule has 1 aromatic heterocycles. The second-order valence-corrected chi connectivity index (χ2v) is 6.78. The zero-order chi connectivity index (χ0) is 19.2. The first kappa shape index (κ1) is 19.0. The molecule has 0 aliphatic carbocycles. The van der Waals surface area contributed by atoms with Gasteiger partial charge in [-0.1, -0.05) is 49.6 Å². The largest absolute Gasteiger partial charge is 0.351 e. The van der Waals surface area contributed by atoms with Crippen LogP contribution in [-0.4, -0.2) is 23.3 Å². The Balaban J connectivity index is 1.87. The lowest BCUT2D eigenvalue weighted by Crippen LogP contribution is -2.26. The minimum Gasteiger partial charge on any atom is -0.351 e. The summed E-state index contributed by atoms with van der Waals surface area (Å²) in [7, 11) is 0. The molecule has 0 unspecified atom stereocenters. The van der Waals surface area contributed by atoms with Crippen molar-refractivity contribution in [2.24, 2.45) is 0 Å². The molecule has 0 atom stereocenters. The first-order valence-corrected chi connectivity index (χ1v) is 9.43. The number of para-hydroxylation sites is 1. The SMILES string of the molecule is CCCCCNC(=O)c1[nH]c2ccccc2c1NC(=O)c1ccc(Cl)cc1. The van der Waals surface area contributed by atoms with E-state index >= 15 is 0 Å². The van der Waals surface area contributed by atoms with Crippen molar-refractivity contribution in [2.75, 3.05) is 11.9 Å². The number of rotatable bonds is 7. The van der Waals surface area contributed by atoms with E-state index in [1.54, 1.807) is 24.3 Å². The molecule has 0 bridgehead atoms. The molecule has 5 nitrogen and oxygen atoms in total. The van der Waals surface area contributed by atoms with Gasteiger partial charge in [-0.25, -0.2) is 0 Å². The lowest BCUT2D eigenvalue weighted by atomic mass is 10.1. The third-order valence-corrected chi connectivity index (χ3v) is 4.60. The van der Waals surface area contributed by atoms with E-state index in [0.29, 0.717) is 28.5 Å². The van der Waals surface area contributed by atoms with Crippen LogP contribution in [0.2, 0.25) is 5.02 Å². The predicted octanol–water partition coefficient (Wildman–Crippen LogP) is 4.99. The van der Waals surface area contributed by atoms with Gasteiger partial charge in [-0.05, 0) is 36.8 Å². The molecule has 0 aliphatic rings. The minimum absolute atomic E-state index is 0.228. The molecule has 3 N–H and O–H groups in total. The maximum atomic E-state index is 12.6. The van der Waals surface area contributed by atoms with Gasteiger partial charge in [0.25, 0.3) is 11.8 Å². The number of carbonyl (C=O) groups excluding carboxylic acids is 2. The van der Waals surface area contributed by atoms with Gasteiger partial charge in [0, 0.05) is 28.0 Å². The zero-order valence-corrected chi connectivity index (χ0v) is 15.9. The summed E-state index contributed by atoms with van der Waals surface area (Å²) >= 11 is 5.89. The van der Waals surface area contributed by atoms with Gasteiger partial charge >= 0.3 is 0 Å². The van der Waals surface area contributed by atoms with Crippen LogP contribution in [0, 0.1) is 0 Å². The third-order valence-electron chi connectivity index (χ3n) is 4.34. The summed E-state index contributed by atoms with van der Waals surface area (Å²) in [4.78, 5) is 28.4. The van der Waals surface area contributed by atoms with Gasteiger partial charge in [-0.15, -0.1) is 0 Å². The van der Waals surface area contributed by atoms with Crippen molar-refractivity contribution < 1.29 is 9.59 Å². The molecule has 0 saturated heterocycles. The van der Waals surface area contributed by atoms with Crippen LogP contribution >= 0.6 is 11.6 Å². The lowest BCUT2D eigenvalue weighted by Gasteiger charge is -2.09. The number of halogens is 1. The molecule has 27 heavy (non-hydrogen) atoms. The van der Waals surface area contributed by atoms with Crippen molar-refractivity contribution in [1.82, 2.24) is 10.3 Å². The molecule has 3 rings (SSSR count). The molecule has 0 saturated carbocycles. The summed E-state index contributed by atoms with van der Waals surface area (Å²) in [6.45, 7) is 2.72. The van der Waals surface area contributed by atoms with E-state index in [0.717, 1.165) is 30.2 Å². The van der Waals surface area contributed by atoms with Crippen molar-refractivity contribution >= 4 is 40.0 Å². The third kappa shape index (κ3) is 4.49. The number of hydrogen-bond donors (Lipinski definition) is 3. The number of fused-ring (bicyclic) bond motifs is 1. The number of nitrogens with one attached hydrogen (secondary N) is 3. The molecule has 6 heteroatoms. The fraction of sp³-hybridized carbons (Fsp3) is 0.238. The number of aromatic amines is 1. The smallest absolute Gasteiger partial charge is 0.269 e. The molecule has 0 fully saturated rings. The Morgan fingerprint density at radius 1 is 1.00 bits per heavy atom. The number of aromatic nitrogens is 1. The van der Waals surface area contributed by atoms with Crippen LogP contribution in [0.15, 0.2) is 48.5 Å². The van der Waals surface area contributed by atoms with Crippen molar-refractivity contribution in [3.63, 3.8) is 0 Å². The number of unbranched alkanes of at least 4 members (excludes halogenated alkanes) is 2. The van der Waals surface area contributed by atoms with Crippen molar-refractivity contribution in [2.45, 2.75) is 26.2 Å². The first-order chi connectivity index (χ1) is 13.1. The van der Waals surface area contributed by atoms with Crippen molar-refractivity contribution in [1.29, 1.82) is 0 Å². The normalized spacial score (nSPS) is 10.7. The number of H-pyrrole nitrogens is 1. The highest BCUT2D eigenvalue weighted by Crippen LogP contribution is 2.28. The maximum absolute atomic E-state index is 12.6. The van der Waals surface area contributed by atoms with Crippen LogP contribution in [-0.2, 0) is 0 Å². The summed E-state index contributed by atoms with van der Waals surface area (Å²) in [5.41, 5.74) is 2.11. The van der Waals surface area contributed by atoms with Gasteiger partial charge in [0.2, 0.25) is 0 Å². The Kier molecular flexibility index (Phi) is 6.14. The van der Waals surface area contributed by atoms with Crippen LogP contribution in [0.4, 0.5) is 5.69 Å². The average molecular weight is 384 g/mol. The highest BCUT2D eigenvalue weighted by atomic mass is 35.5. The van der Waals surface area contributed by atoms with E-state index in [2.05, 4.69) is 22.5 Å². The topological polar surface area (TPSA) is 74.0 Å². The standard InChI is InChI=1S/C21H22ClN3O2/c1-2-3-6-13-23-21(27)19-18(16-7-4-5-8-17(16)24-19)25-20(26)14-9-11-15(22)12-10-14/h4-5,7-12,24H,2-3,6,13H2,1H3,(H,23,27)(H,25,26). The Bertz CT molecular complexity index is 948. The van der Waals surface area contributed by atoms with Gasteiger partial charge < -0.3 is 15.6 Å². The first-order valence-electron chi connectivity index (χ1n) is 9.06. The van der Waals surface area contributed by atoms with Gasteiger partial charge in [0.1, 0.15) is 5.69 Å². The maximum Gasteiger partial charge on any atom is 0.269 e. The summed E-state index contributed by atoms with van der Waals surface area (Å²) < 4.78 is 0. The molecule has 2 amide bonds. The monoisotopic (exact) mass is 383 g/mol. The van der Waals surface area contributed by atoms with Crippen molar-refractivity contribution in [3.8, 4) is 0 Å². The number of amides is 2. The van der Waals surface area contributed by atoms with Crippen LogP contribution in [0.5, 0.6) is 0 Å². The molecule has 140 valence electrons. The van der Waals surface area contributed by atoms with Crippen molar-refractivity contribution in [3.05, 3.63) is 64.8 Å². The predicted molar refractivity (Wildman–Crippen MR) is 110 cm³/mol. The number of hydrogen-bond acceptors (Lipinski definition) is 2. The lowest BCUT2D eigenvalue weighted by molar-refractivity contribution is 0.0949. The van der Waals surface area contributed by atoms with Gasteiger partial charge in [-0.2, -0.15) is 0 Å². The van der Waals surface area contributed by atoms with E-state index in [1.807, 2.05) is 24.3 Å². The van der Waals surface area contributed by atoms with E-state index in [-0.39, 0.29) is 11.8 Å². The second-order valence-electron chi connectivity index (χ2n) is 6.34. The molecule has 0 spiro atoms. The van der Waals surface area contributed by atoms with E-state index in [1.165, 1.54) is 0 Å². The summed E-state index contributed by atoms with van der Waals surface area (Å²) in [6.07, 6.45) is 3.08. The molecule has 3 aromatic rings. The van der Waals surface area contributed by atoms with Crippen LogP contribution < -0.4 is 10.6 Å². The molecule has 0 aliphatic heterocycles. The highest BCUT2D eigenvalue weighted by Gasteiger charge is 2.19. The molecular weight excluding hydrogens is 362 g/mol. The fourth-order valence-corrected chi connectivity index (χ4v) is 3.02. The van der Waals surface area contributed by atoms with Crippen LogP contribution in [0.25, 0.3) is 10.9 Å². The Labute approximate surface area is 163 Å². The number of anilines is 1. The number of benzene rings is 2. The number of carbonyl (C=O) groups is 2. The zero-order valence-electron chi connectivity index (χ0n) is 15.1. The second kappa shape index (κ2) is 8.73. The average Bonchev–Trinajstić information content (AvgIpc) is 3.04. The molecule has 1 heterocycles. The molecule has 2 aromatic carbocycles. The molecular formula is C21H22ClN3O2. The van der Waals surface area contributed by atoms with Gasteiger partial charge in [-0.3, -0.25) is 9.59 Å². The Morgan fingerprint density at radius 3 is 2.48 bits per heavy atom. The van der Waals surface area contributed by atoms with E-state index < -0.39 is 0 Å². The summed E-state index contributed by atoms with van der Waals surface area (Å²) in [5.74, 6) is -0.523. The minimum atomic E-state index is -0.295. The summed E-state index contributed by atoms with van der Waals surface area (Å²) in [5, 5.41) is 7.15. The van der Waals surface area contributed by atoms with Crippen LogP contribution in [0.1, 0.15) is 47.0 Å². The fourth-order valence-electron chi connectivity index (χ4n) is 2.89. The van der Waals surface area contributed by atoms with Gasteiger partial charge in [0.05, 0.1) is 5.69 Å². The quantitative estimate of drug-likeness (QED) is 0.502.